The highest BCUT2D eigenvalue weighted by Gasteiger charge is 2.16. The van der Waals surface area contributed by atoms with Gasteiger partial charge in [0, 0.05) is 18.8 Å². The number of terminal acetylenes is 1. The van der Waals surface area contributed by atoms with E-state index in [-0.39, 0.29) is 5.92 Å². The molecular formula is C12H16O. The number of carbonyl (C=O) groups excluding carboxylic acids is 1. The van der Waals surface area contributed by atoms with Gasteiger partial charge in [0.1, 0.15) is 5.78 Å². The van der Waals surface area contributed by atoms with Gasteiger partial charge in [0.05, 0.1) is 0 Å². The number of allylic oxidation sites excluding steroid dienone is 2. The third-order valence-corrected chi connectivity index (χ3v) is 2.57. The van der Waals surface area contributed by atoms with Gasteiger partial charge in [-0.3, -0.25) is 4.79 Å². The number of hydrogen-bond donors (Lipinski definition) is 0. The quantitative estimate of drug-likeness (QED) is 0.467. The molecule has 0 saturated carbocycles. The Hall–Kier alpha value is -1.03. The molecule has 1 heteroatoms. The van der Waals surface area contributed by atoms with Crippen LogP contribution in [0.15, 0.2) is 11.6 Å². The van der Waals surface area contributed by atoms with E-state index in [2.05, 4.69) is 12.0 Å². The summed E-state index contributed by atoms with van der Waals surface area (Å²) >= 11 is 0. The lowest BCUT2D eigenvalue weighted by molar-refractivity contribution is -0.121. The van der Waals surface area contributed by atoms with Gasteiger partial charge in [0.2, 0.25) is 0 Å². The third kappa shape index (κ3) is 3.06. The van der Waals surface area contributed by atoms with Crippen molar-refractivity contribution in [3.8, 4) is 12.3 Å². The molecule has 1 aliphatic rings. The van der Waals surface area contributed by atoms with E-state index >= 15 is 0 Å². The molecule has 70 valence electrons. The fourth-order valence-corrected chi connectivity index (χ4v) is 1.59. The highest BCUT2D eigenvalue weighted by molar-refractivity contribution is 5.83. The van der Waals surface area contributed by atoms with Crippen molar-refractivity contribution in [3.63, 3.8) is 0 Å². The van der Waals surface area contributed by atoms with Crippen molar-refractivity contribution in [3.05, 3.63) is 11.6 Å². The Morgan fingerprint density at radius 3 is 3.15 bits per heavy atom. The van der Waals surface area contributed by atoms with Gasteiger partial charge < -0.3 is 0 Å². The molecule has 0 amide bonds. The summed E-state index contributed by atoms with van der Waals surface area (Å²) in [6.45, 7) is 2.01. The molecular weight excluding hydrogens is 160 g/mol. The smallest absolute Gasteiger partial charge is 0.139 e. The summed E-state index contributed by atoms with van der Waals surface area (Å²) in [5, 5.41) is 0. The van der Waals surface area contributed by atoms with Gasteiger partial charge in [0.15, 0.2) is 0 Å². The molecule has 0 aromatic rings. The predicted molar refractivity (Wildman–Crippen MR) is 54.2 cm³/mol. The summed E-state index contributed by atoms with van der Waals surface area (Å²) in [4.78, 5) is 11.5. The van der Waals surface area contributed by atoms with E-state index in [0.717, 1.165) is 25.7 Å². The average molecular weight is 176 g/mol. The number of Topliss-reactive ketones (excluding diaryl/α,β-unsaturated/α-hetero) is 1. The minimum atomic E-state index is 0.236. The molecule has 0 N–H and O–H groups in total. The van der Waals surface area contributed by atoms with Gasteiger partial charge in [-0.1, -0.05) is 18.6 Å². The Labute approximate surface area is 80.2 Å². The predicted octanol–water partition coefficient (Wildman–Crippen LogP) is 2.72. The SMILES string of the molecule is C#CCCC1=CCCC(C)C(=O)C1. The largest absolute Gasteiger partial charge is 0.299 e. The van der Waals surface area contributed by atoms with Crippen molar-refractivity contribution < 1.29 is 4.79 Å². The molecule has 0 saturated heterocycles. The zero-order chi connectivity index (χ0) is 9.68. The van der Waals surface area contributed by atoms with E-state index in [9.17, 15) is 4.79 Å². The van der Waals surface area contributed by atoms with Crippen LogP contribution in [-0.4, -0.2) is 5.78 Å². The van der Waals surface area contributed by atoms with Crippen LogP contribution in [0.1, 0.15) is 39.0 Å². The number of ketones is 1. The Bertz CT molecular complexity index is 255. The van der Waals surface area contributed by atoms with Gasteiger partial charge in [0.25, 0.3) is 0 Å². The molecule has 0 aromatic carbocycles. The fraction of sp³-hybridized carbons (Fsp3) is 0.583. The van der Waals surface area contributed by atoms with Crippen LogP contribution in [0.25, 0.3) is 0 Å². The lowest BCUT2D eigenvalue weighted by Gasteiger charge is -2.05. The van der Waals surface area contributed by atoms with Crippen LogP contribution in [0.3, 0.4) is 0 Å². The number of rotatable bonds is 2. The topological polar surface area (TPSA) is 17.1 Å². The second kappa shape index (κ2) is 4.87. The van der Waals surface area contributed by atoms with E-state index in [1.54, 1.807) is 0 Å². The summed E-state index contributed by atoms with van der Waals surface area (Å²) < 4.78 is 0. The monoisotopic (exact) mass is 176 g/mol. The molecule has 0 aliphatic heterocycles. The van der Waals surface area contributed by atoms with E-state index in [1.807, 2.05) is 6.92 Å². The lowest BCUT2D eigenvalue weighted by Crippen LogP contribution is -2.08. The summed E-state index contributed by atoms with van der Waals surface area (Å²) in [6, 6.07) is 0. The van der Waals surface area contributed by atoms with Crippen molar-refractivity contribution in [1.29, 1.82) is 0 Å². The fourth-order valence-electron chi connectivity index (χ4n) is 1.59. The molecule has 0 aromatic heterocycles. The van der Waals surface area contributed by atoms with Crippen LogP contribution in [0, 0.1) is 18.3 Å². The zero-order valence-electron chi connectivity index (χ0n) is 8.18. The molecule has 1 nitrogen and oxygen atoms in total. The Morgan fingerprint density at radius 1 is 1.69 bits per heavy atom. The van der Waals surface area contributed by atoms with Crippen molar-refractivity contribution in [2.45, 2.75) is 39.0 Å². The second-order valence-electron chi connectivity index (χ2n) is 3.69. The molecule has 1 unspecified atom stereocenters. The first-order valence-corrected chi connectivity index (χ1v) is 4.88. The van der Waals surface area contributed by atoms with Gasteiger partial charge in [-0.05, 0) is 19.3 Å². The third-order valence-electron chi connectivity index (χ3n) is 2.57. The molecule has 0 radical (unpaired) electrons. The van der Waals surface area contributed by atoms with Crippen LogP contribution in [-0.2, 0) is 4.79 Å². The standard InChI is InChI=1S/C12H16O/c1-3-4-7-11-8-5-6-10(2)12(13)9-11/h1,8,10H,4-7,9H2,2H3. The second-order valence-corrected chi connectivity index (χ2v) is 3.69. The molecule has 0 heterocycles. The Kier molecular flexibility index (Phi) is 3.76. The molecule has 1 atom stereocenters. The first-order chi connectivity index (χ1) is 6.24. The normalized spacial score (nSPS) is 23.2. The summed E-state index contributed by atoms with van der Waals surface area (Å²) in [7, 11) is 0. The van der Waals surface area contributed by atoms with Crippen LogP contribution in [0.4, 0.5) is 0 Å². The average Bonchev–Trinajstić information content (AvgIpc) is 2.26. The first-order valence-electron chi connectivity index (χ1n) is 4.88. The van der Waals surface area contributed by atoms with Crippen LogP contribution in [0.5, 0.6) is 0 Å². The maximum absolute atomic E-state index is 11.5. The lowest BCUT2D eigenvalue weighted by atomic mass is 9.99. The molecule has 1 aliphatic carbocycles. The van der Waals surface area contributed by atoms with Gasteiger partial charge in [-0.15, -0.1) is 12.3 Å². The molecule has 0 spiro atoms. The maximum atomic E-state index is 11.5. The van der Waals surface area contributed by atoms with E-state index < -0.39 is 0 Å². The maximum Gasteiger partial charge on any atom is 0.139 e. The van der Waals surface area contributed by atoms with Crippen molar-refractivity contribution in [2.24, 2.45) is 5.92 Å². The van der Waals surface area contributed by atoms with E-state index in [4.69, 9.17) is 6.42 Å². The summed E-state index contributed by atoms with van der Waals surface area (Å²) in [6.07, 6.45) is 11.7. The van der Waals surface area contributed by atoms with Gasteiger partial charge >= 0.3 is 0 Å². The van der Waals surface area contributed by atoms with Crippen molar-refractivity contribution in [1.82, 2.24) is 0 Å². The van der Waals surface area contributed by atoms with E-state index in [0.29, 0.717) is 12.2 Å². The highest BCUT2D eigenvalue weighted by Crippen LogP contribution is 2.22. The van der Waals surface area contributed by atoms with E-state index in [1.165, 1.54) is 5.57 Å². The van der Waals surface area contributed by atoms with Crippen LogP contribution < -0.4 is 0 Å². The molecule has 1 rings (SSSR count). The van der Waals surface area contributed by atoms with Crippen molar-refractivity contribution in [2.75, 3.05) is 0 Å². The summed E-state index contributed by atoms with van der Waals surface area (Å²) in [5.74, 6) is 3.22. The summed E-state index contributed by atoms with van der Waals surface area (Å²) in [5.41, 5.74) is 1.24. The Morgan fingerprint density at radius 2 is 2.46 bits per heavy atom. The van der Waals surface area contributed by atoms with Crippen LogP contribution >= 0.6 is 0 Å². The molecule has 0 bridgehead atoms. The van der Waals surface area contributed by atoms with Gasteiger partial charge in [-0.25, -0.2) is 0 Å². The molecule has 13 heavy (non-hydrogen) atoms. The highest BCUT2D eigenvalue weighted by atomic mass is 16.1. The van der Waals surface area contributed by atoms with Crippen molar-refractivity contribution >= 4 is 5.78 Å². The zero-order valence-corrected chi connectivity index (χ0v) is 8.18. The molecule has 0 fully saturated rings. The number of hydrogen-bond acceptors (Lipinski definition) is 1. The minimum Gasteiger partial charge on any atom is -0.299 e. The number of carbonyl (C=O) groups is 1. The first kappa shape index (κ1) is 10.1. The Balaban J connectivity index is 2.52. The minimum absolute atomic E-state index is 0.236. The van der Waals surface area contributed by atoms with Gasteiger partial charge in [-0.2, -0.15) is 0 Å². The van der Waals surface area contributed by atoms with Crippen LogP contribution in [0.2, 0.25) is 0 Å².